The average molecular weight is 219 g/mol. The molecule has 2 nitrogen and oxygen atoms in total. The molecule has 5 heteroatoms. The lowest BCUT2D eigenvalue weighted by Gasteiger charge is -2.20. The fourth-order valence-corrected chi connectivity index (χ4v) is 1.17. The van der Waals surface area contributed by atoms with Crippen LogP contribution in [0.25, 0.3) is 0 Å². The maximum atomic E-state index is 12.4. The molecule has 1 aromatic carbocycles. The van der Waals surface area contributed by atoms with E-state index in [4.69, 9.17) is 5.73 Å². The van der Waals surface area contributed by atoms with E-state index in [1.807, 2.05) is 0 Å². The maximum Gasteiger partial charge on any atom is 0.416 e. The SMILES string of the molecule is CC(C)(O)c1cc(N)cc(C(F)(F)F)c1. The molecule has 0 saturated heterocycles. The Labute approximate surface area is 85.5 Å². The smallest absolute Gasteiger partial charge is 0.399 e. The molecule has 0 aliphatic heterocycles. The molecule has 0 unspecified atom stereocenters. The van der Waals surface area contributed by atoms with Gasteiger partial charge < -0.3 is 10.8 Å². The van der Waals surface area contributed by atoms with Gasteiger partial charge in [-0.3, -0.25) is 0 Å². The Kier molecular flexibility index (Phi) is 2.69. The maximum absolute atomic E-state index is 12.4. The molecule has 0 atom stereocenters. The summed E-state index contributed by atoms with van der Waals surface area (Å²) in [7, 11) is 0. The average Bonchev–Trinajstić information content (AvgIpc) is 1.99. The lowest BCUT2D eigenvalue weighted by atomic mass is 9.95. The second-order valence-electron chi connectivity index (χ2n) is 3.90. The van der Waals surface area contributed by atoms with Gasteiger partial charge in [-0.25, -0.2) is 0 Å². The number of nitrogens with two attached hydrogens (primary N) is 1. The largest absolute Gasteiger partial charge is 0.416 e. The van der Waals surface area contributed by atoms with Gasteiger partial charge in [-0.15, -0.1) is 0 Å². The van der Waals surface area contributed by atoms with E-state index >= 15 is 0 Å². The number of halogens is 3. The summed E-state index contributed by atoms with van der Waals surface area (Å²) in [6.07, 6.45) is -4.45. The number of anilines is 1. The molecule has 0 aromatic heterocycles. The topological polar surface area (TPSA) is 46.2 Å². The molecule has 1 aromatic rings. The van der Waals surface area contributed by atoms with Crippen molar-refractivity contribution in [2.75, 3.05) is 5.73 Å². The van der Waals surface area contributed by atoms with Crippen molar-refractivity contribution in [2.24, 2.45) is 0 Å². The second kappa shape index (κ2) is 3.41. The first kappa shape index (κ1) is 11.8. The zero-order valence-corrected chi connectivity index (χ0v) is 8.39. The van der Waals surface area contributed by atoms with Crippen molar-refractivity contribution in [1.29, 1.82) is 0 Å². The molecule has 0 heterocycles. The summed E-state index contributed by atoms with van der Waals surface area (Å²) in [5, 5.41) is 9.58. The quantitative estimate of drug-likeness (QED) is 0.713. The molecule has 0 amide bonds. The van der Waals surface area contributed by atoms with Gasteiger partial charge >= 0.3 is 6.18 Å². The Morgan fingerprint density at radius 1 is 1.07 bits per heavy atom. The van der Waals surface area contributed by atoms with E-state index in [9.17, 15) is 18.3 Å². The van der Waals surface area contributed by atoms with Crippen molar-refractivity contribution in [3.8, 4) is 0 Å². The highest BCUT2D eigenvalue weighted by atomic mass is 19.4. The van der Waals surface area contributed by atoms with E-state index in [-0.39, 0.29) is 11.3 Å². The fraction of sp³-hybridized carbons (Fsp3) is 0.400. The Morgan fingerprint density at radius 2 is 1.53 bits per heavy atom. The van der Waals surface area contributed by atoms with Crippen LogP contribution in [0.5, 0.6) is 0 Å². The predicted molar refractivity (Wildman–Crippen MR) is 51.1 cm³/mol. The molecule has 0 saturated carbocycles. The zero-order valence-electron chi connectivity index (χ0n) is 8.39. The third-order valence-corrected chi connectivity index (χ3v) is 1.99. The summed E-state index contributed by atoms with van der Waals surface area (Å²) in [6.45, 7) is 2.81. The van der Waals surface area contributed by atoms with Crippen LogP contribution in [0, 0.1) is 0 Å². The van der Waals surface area contributed by atoms with Crippen molar-refractivity contribution in [3.63, 3.8) is 0 Å². The van der Waals surface area contributed by atoms with Crippen molar-refractivity contribution >= 4 is 5.69 Å². The van der Waals surface area contributed by atoms with Crippen LogP contribution in [0.1, 0.15) is 25.0 Å². The standard InChI is InChI=1S/C10H12F3NO/c1-9(2,15)6-3-7(10(11,12)13)5-8(14)4-6/h3-5,15H,14H2,1-2H3. The van der Waals surface area contributed by atoms with Gasteiger partial charge in [-0.05, 0) is 37.6 Å². The van der Waals surface area contributed by atoms with Gasteiger partial charge in [-0.2, -0.15) is 13.2 Å². The summed E-state index contributed by atoms with van der Waals surface area (Å²) in [5.74, 6) is 0. The molecule has 15 heavy (non-hydrogen) atoms. The molecule has 1 rings (SSSR count). The molecule has 0 aliphatic carbocycles. The molecule has 3 N–H and O–H groups in total. The van der Waals surface area contributed by atoms with E-state index in [0.29, 0.717) is 0 Å². The van der Waals surface area contributed by atoms with Crippen molar-refractivity contribution in [3.05, 3.63) is 29.3 Å². The van der Waals surface area contributed by atoms with E-state index in [1.165, 1.54) is 19.9 Å². The molecule has 84 valence electrons. The Bertz CT molecular complexity index is 334. The van der Waals surface area contributed by atoms with Crippen molar-refractivity contribution < 1.29 is 18.3 Å². The first-order chi connectivity index (χ1) is 6.60. The fourth-order valence-electron chi connectivity index (χ4n) is 1.17. The van der Waals surface area contributed by atoms with Gasteiger partial charge in [0, 0.05) is 5.69 Å². The van der Waals surface area contributed by atoms with Crippen LogP contribution < -0.4 is 5.73 Å². The number of hydrogen-bond donors (Lipinski definition) is 2. The first-order valence-corrected chi connectivity index (χ1v) is 4.31. The minimum Gasteiger partial charge on any atom is -0.399 e. The second-order valence-corrected chi connectivity index (χ2v) is 3.90. The van der Waals surface area contributed by atoms with Gasteiger partial charge in [-0.1, -0.05) is 0 Å². The molecule has 0 bridgehead atoms. The Morgan fingerprint density at radius 3 is 1.93 bits per heavy atom. The van der Waals surface area contributed by atoms with Gasteiger partial charge in [0.15, 0.2) is 0 Å². The summed E-state index contributed by atoms with van der Waals surface area (Å²) in [6, 6.07) is 3.07. The molecule has 0 aliphatic rings. The summed E-state index contributed by atoms with van der Waals surface area (Å²) < 4.78 is 37.2. The van der Waals surface area contributed by atoms with Crippen LogP contribution in [0.2, 0.25) is 0 Å². The third-order valence-electron chi connectivity index (χ3n) is 1.99. The Balaban J connectivity index is 3.30. The normalized spacial score (nSPS) is 12.9. The van der Waals surface area contributed by atoms with E-state index in [1.54, 1.807) is 0 Å². The lowest BCUT2D eigenvalue weighted by Crippen LogP contribution is -2.17. The van der Waals surface area contributed by atoms with Gasteiger partial charge in [0.1, 0.15) is 0 Å². The molecule has 0 fully saturated rings. The molecular weight excluding hydrogens is 207 g/mol. The highest BCUT2D eigenvalue weighted by Crippen LogP contribution is 2.33. The van der Waals surface area contributed by atoms with E-state index < -0.39 is 17.3 Å². The minimum atomic E-state index is -4.45. The minimum absolute atomic E-state index is 0.0121. The van der Waals surface area contributed by atoms with Crippen LogP contribution in [0.4, 0.5) is 18.9 Å². The van der Waals surface area contributed by atoms with E-state index in [2.05, 4.69) is 0 Å². The first-order valence-electron chi connectivity index (χ1n) is 4.31. The highest BCUT2D eigenvalue weighted by molar-refractivity contribution is 5.47. The third kappa shape index (κ3) is 2.86. The number of nitrogen functional groups attached to an aromatic ring is 1. The zero-order chi connectivity index (χ0) is 11.9. The summed E-state index contributed by atoms with van der Waals surface area (Å²) >= 11 is 0. The van der Waals surface area contributed by atoms with Crippen molar-refractivity contribution in [1.82, 2.24) is 0 Å². The lowest BCUT2D eigenvalue weighted by molar-refractivity contribution is -0.137. The van der Waals surface area contributed by atoms with E-state index in [0.717, 1.165) is 12.1 Å². The number of hydrogen-bond acceptors (Lipinski definition) is 2. The summed E-state index contributed by atoms with van der Waals surface area (Å²) in [5.41, 5.74) is 3.29. The number of alkyl halides is 3. The number of aliphatic hydroxyl groups is 1. The van der Waals surface area contributed by atoms with Crippen LogP contribution >= 0.6 is 0 Å². The van der Waals surface area contributed by atoms with Crippen LogP contribution in [-0.2, 0) is 11.8 Å². The monoisotopic (exact) mass is 219 g/mol. The molecule has 0 spiro atoms. The van der Waals surface area contributed by atoms with Gasteiger partial charge in [0.25, 0.3) is 0 Å². The van der Waals surface area contributed by atoms with Gasteiger partial charge in [0.2, 0.25) is 0 Å². The molecule has 0 radical (unpaired) electrons. The van der Waals surface area contributed by atoms with Crippen molar-refractivity contribution in [2.45, 2.75) is 25.6 Å². The van der Waals surface area contributed by atoms with Gasteiger partial charge in [0.05, 0.1) is 11.2 Å². The number of rotatable bonds is 1. The number of benzene rings is 1. The predicted octanol–water partition coefficient (Wildman–Crippen LogP) is 2.52. The summed E-state index contributed by atoms with van der Waals surface area (Å²) in [4.78, 5) is 0. The highest BCUT2D eigenvalue weighted by Gasteiger charge is 2.32. The van der Waals surface area contributed by atoms with Crippen LogP contribution in [0.15, 0.2) is 18.2 Å². The molecular formula is C10H12F3NO. The van der Waals surface area contributed by atoms with Crippen LogP contribution in [0.3, 0.4) is 0 Å². The Hall–Kier alpha value is -1.23. The van der Waals surface area contributed by atoms with Crippen LogP contribution in [-0.4, -0.2) is 5.11 Å².